The predicted molar refractivity (Wildman–Crippen MR) is 81.9 cm³/mol. The number of hydrogen-bond acceptors (Lipinski definition) is 2. The Kier molecular flexibility index (Phi) is 3.56. The maximum Gasteiger partial charge on any atom is 0.311 e. The highest BCUT2D eigenvalue weighted by Crippen LogP contribution is 2.49. The van der Waals surface area contributed by atoms with Gasteiger partial charge in [0.15, 0.2) is 0 Å². The van der Waals surface area contributed by atoms with Gasteiger partial charge in [0.25, 0.3) is 0 Å². The maximum atomic E-state index is 12.5. The van der Waals surface area contributed by atoms with Crippen LogP contribution in [0.25, 0.3) is 0 Å². The van der Waals surface area contributed by atoms with E-state index < -0.39 is 11.4 Å². The molecule has 2 fully saturated rings. The van der Waals surface area contributed by atoms with Crippen molar-refractivity contribution < 1.29 is 14.7 Å². The molecule has 0 aromatic heterocycles. The number of rotatable bonds is 3. The van der Waals surface area contributed by atoms with Crippen molar-refractivity contribution in [1.29, 1.82) is 0 Å². The third-order valence-electron chi connectivity index (χ3n) is 4.71. The van der Waals surface area contributed by atoms with Gasteiger partial charge < -0.3 is 10.0 Å². The zero-order chi connectivity index (χ0) is 15.2. The molecule has 1 aliphatic carbocycles. The molecule has 3 rings (SSSR count). The number of nitrogens with zero attached hydrogens (tertiary/aromatic N) is 1. The van der Waals surface area contributed by atoms with Crippen molar-refractivity contribution in [2.24, 2.45) is 11.3 Å². The summed E-state index contributed by atoms with van der Waals surface area (Å²) in [5, 5.41) is 9.24. The van der Waals surface area contributed by atoms with Crippen LogP contribution in [0.3, 0.4) is 0 Å². The van der Waals surface area contributed by atoms with E-state index in [0.29, 0.717) is 25.4 Å². The van der Waals surface area contributed by atoms with Gasteiger partial charge in [0.05, 0.1) is 5.41 Å². The molecular formula is C16H18BrNO3. The number of carboxylic acids is 1. The van der Waals surface area contributed by atoms with Gasteiger partial charge in [0, 0.05) is 23.5 Å². The molecule has 3 atom stereocenters. The van der Waals surface area contributed by atoms with Gasteiger partial charge in [-0.2, -0.15) is 0 Å². The number of amides is 1. The molecule has 21 heavy (non-hydrogen) atoms. The van der Waals surface area contributed by atoms with E-state index in [4.69, 9.17) is 0 Å². The second-order valence-corrected chi connectivity index (χ2v) is 7.29. The highest BCUT2D eigenvalue weighted by molar-refractivity contribution is 9.10. The lowest BCUT2D eigenvalue weighted by Gasteiger charge is -2.20. The molecule has 0 spiro atoms. The van der Waals surface area contributed by atoms with Gasteiger partial charge >= 0.3 is 5.97 Å². The first-order chi connectivity index (χ1) is 9.90. The smallest absolute Gasteiger partial charge is 0.311 e. The number of carboxylic acid groups (broad SMARTS) is 1. The number of aliphatic carboxylic acids is 1. The Hall–Kier alpha value is -1.36. The first kappa shape index (κ1) is 14.6. The molecule has 1 aliphatic heterocycles. The lowest BCUT2D eigenvalue weighted by molar-refractivity contribution is -0.147. The minimum atomic E-state index is -0.807. The fourth-order valence-corrected chi connectivity index (χ4v) is 3.37. The Bertz CT molecular complexity index is 586. The summed E-state index contributed by atoms with van der Waals surface area (Å²) in [4.78, 5) is 25.5. The van der Waals surface area contributed by atoms with E-state index in [0.717, 1.165) is 10.9 Å². The van der Waals surface area contributed by atoms with Crippen LogP contribution in [0.5, 0.6) is 0 Å². The Balaban J connectivity index is 1.64. The molecule has 0 bridgehead atoms. The molecule has 0 radical (unpaired) electrons. The summed E-state index contributed by atoms with van der Waals surface area (Å²) in [6, 6.07) is 8.08. The van der Waals surface area contributed by atoms with E-state index in [9.17, 15) is 14.7 Å². The summed E-state index contributed by atoms with van der Waals surface area (Å²) >= 11 is 3.41. The van der Waals surface area contributed by atoms with Gasteiger partial charge in [-0.1, -0.05) is 28.1 Å². The SMILES string of the molecule is C[C@]1(C(=O)O)CCN(C(=O)[C@H]2C[C@@H]2c2ccc(Br)cc2)C1. The van der Waals surface area contributed by atoms with Crippen LogP contribution in [-0.2, 0) is 9.59 Å². The third-order valence-corrected chi connectivity index (χ3v) is 5.24. The van der Waals surface area contributed by atoms with Crippen molar-refractivity contribution >= 4 is 27.8 Å². The molecule has 4 nitrogen and oxygen atoms in total. The van der Waals surface area contributed by atoms with E-state index >= 15 is 0 Å². The zero-order valence-corrected chi connectivity index (χ0v) is 13.5. The van der Waals surface area contributed by atoms with E-state index in [1.54, 1.807) is 11.8 Å². The van der Waals surface area contributed by atoms with E-state index in [1.165, 1.54) is 5.56 Å². The topological polar surface area (TPSA) is 57.6 Å². The van der Waals surface area contributed by atoms with Crippen LogP contribution in [0.15, 0.2) is 28.7 Å². The number of benzene rings is 1. The van der Waals surface area contributed by atoms with Crippen molar-refractivity contribution in [3.63, 3.8) is 0 Å². The lowest BCUT2D eigenvalue weighted by atomic mass is 9.90. The Labute approximate surface area is 132 Å². The van der Waals surface area contributed by atoms with Crippen LogP contribution in [0.4, 0.5) is 0 Å². The van der Waals surface area contributed by atoms with Crippen molar-refractivity contribution in [3.05, 3.63) is 34.3 Å². The van der Waals surface area contributed by atoms with Crippen LogP contribution >= 0.6 is 15.9 Å². The van der Waals surface area contributed by atoms with Crippen molar-refractivity contribution in [2.45, 2.75) is 25.7 Å². The molecular weight excluding hydrogens is 334 g/mol. The standard InChI is InChI=1S/C16H18BrNO3/c1-16(15(20)21)6-7-18(9-16)14(19)13-8-12(13)10-2-4-11(17)5-3-10/h2-5,12-13H,6-9H2,1H3,(H,20,21)/t12-,13+,16+/m1/s1. The lowest BCUT2D eigenvalue weighted by Crippen LogP contribution is -2.35. The highest BCUT2D eigenvalue weighted by Gasteiger charge is 2.49. The van der Waals surface area contributed by atoms with Crippen LogP contribution in [0.1, 0.15) is 31.2 Å². The quantitative estimate of drug-likeness (QED) is 0.910. The van der Waals surface area contributed by atoms with Gasteiger partial charge in [-0.15, -0.1) is 0 Å². The summed E-state index contributed by atoms with van der Waals surface area (Å²) < 4.78 is 1.03. The van der Waals surface area contributed by atoms with Crippen molar-refractivity contribution in [2.75, 3.05) is 13.1 Å². The second kappa shape index (κ2) is 5.13. The Morgan fingerprint density at radius 3 is 2.57 bits per heavy atom. The Morgan fingerprint density at radius 2 is 2.00 bits per heavy atom. The van der Waals surface area contributed by atoms with Crippen LogP contribution < -0.4 is 0 Å². The minimum absolute atomic E-state index is 0.0299. The molecule has 1 amide bonds. The first-order valence-electron chi connectivity index (χ1n) is 7.18. The fraction of sp³-hybridized carbons (Fsp3) is 0.500. The van der Waals surface area contributed by atoms with Gasteiger partial charge in [-0.05, 0) is 43.4 Å². The monoisotopic (exact) mass is 351 g/mol. The highest BCUT2D eigenvalue weighted by atomic mass is 79.9. The minimum Gasteiger partial charge on any atom is -0.481 e. The first-order valence-corrected chi connectivity index (χ1v) is 7.98. The number of hydrogen-bond donors (Lipinski definition) is 1. The van der Waals surface area contributed by atoms with Crippen LogP contribution in [0, 0.1) is 11.3 Å². The number of likely N-dealkylation sites (tertiary alicyclic amines) is 1. The molecule has 112 valence electrons. The van der Waals surface area contributed by atoms with E-state index in [-0.39, 0.29) is 11.8 Å². The Morgan fingerprint density at radius 1 is 1.33 bits per heavy atom. The molecule has 1 N–H and O–H groups in total. The van der Waals surface area contributed by atoms with Crippen LogP contribution in [0.2, 0.25) is 0 Å². The maximum absolute atomic E-state index is 12.5. The van der Waals surface area contributed by atoms with Gasteiger partial charge in [0.2, 0.25) is 5.91 Å². The number of halogens is 1. The summed E-state index contributed by atoms with van der Waals surface area (Å²) in [7, 11) is 0. The van der Waals surface area contributed by atoms with Gasteiger partial charge in [-0.25, -0.2) is 0 Å². The molecule has 1 saturated heterocycles. The zero-order valence-electron chi connectivity index (χ0n) is 11.9. The summed E-state index contributed by atoms with van der Waals surface area (Å²) in [5.41, 5.74) is 0.411. The summed E-state index contributed by atoms with van der Waals surface area (Å²) in [5.74, 6) is -0.365. The molecule has 2 aliphatic rings. The number of carbonyl (C=O) groups is 2. The molecule has 1 saturated carbocycles. The van der Waals surface area contributed by atoms with Gasteiger partial charge in [-0.3, -0.25) is 9.59 Å². The molecule has 1 aromatic carbocycles. The average molecular weight is 352 g/mol. The fourth-order valence-electron chi connectivity index (χ4n) is 3.10. The molecule has 1 aromatic rings. The van der Waals surface area contributed by atoms with Crippen LogP contribution in [-0.4, -0.2) is 35.0 Å². The second-order valence-electron chi connectivity index (χ2n) is 6.38. The van der Waals surface area contributed by atoms with Crippen molar-refractivity contribution in [1.82, 2.24) is 4.90 Å². The molecule has 0 unspecified atom stereocenters. The predicted octanol–water partition coefficient (Wildman–Crippen LogP) is 2.88. The third kappa shape index (κ3) is 2.71. The molecule has 5 heteroatoms. The largest absolute Gasteiger partial charge is 0.481 e. The van der Waals surface area contributed by atoms with E-state index in [1.807, 2.05) is 24.3 Å². The van der Waals surface area contributed by atoms with Gasteiger partial charge in [0.1, 0.15) is 0 Å². The van der Waals surface area contributed by atoms with Crippen molar-refractivity contribution in [3.8, 4) is 0 Å². The average Bonchev–Trinajstić information content (AvgIpc) is 3.14. The number of carbonyl (C=O) groups excluding carboxylic acids is 1. The molecule has 1 heterocycles. The summed E-state index contributed by atoms with van der Waals surface area (Å²) in [6.45, 7) is 2.62. The summed E-state index contributed by atoms with van der Waals surface area (Å²) in [6.07, 6.45) is 1.42. The normalized spacial score (nSPS) is 31.2. The van der Waals surface area contributed by atoms with E-state index in [2.05, 4.69) is 15.9 Å².